The molecule has 1 aromatic heterocycles. The average molecular weight is 362 g/mol. The number of ether oxygens (including phenoxy) is 1. The quantitative estimate of drug-likeness (QED) is 0.754. The zero-order valence-corrected chi connectivity index (χ0v) is 15.3. The van der Waals surface area contributed by atoms with Gasteiger partial charge in [0.2, 0.25) is 0 Å². The number of benzene rings is 2. The highest BCUT2D eigenvalue weighted by molar-refractivity contribution is 5.97. The van der Waals surface area contributed by atoms with Crippen molar-refractivity contribution in [1.82, 2.24) is 10.5 Å². The average Bonchev–Trinajstić information content (AvgIpc) is 3.20. The van der Waals surface area contributed by atoms with E-state index in [1.165, 1.54) is 5.56 Å². The van der Waals surface area contributed by atoms with E-state index in [-0.39, 0.29) is 11.3 Å². The Morgan fingerprint density at radius 2 is 1.96 bits per heavy atom. The molecule has 1 amide bonds. The van der Waals surface area contributed by atoms with Crippen molar-refractivity contribution in [2.45, 2.75) is 24.7 Å². The van der Waals surface area contributed by atoms with Crippen molar-refractivity contribution >= 4 is 5.91 Å². The Bertz CT molecular complexity index is 935. The Balaban J connectivity index is 1.60. The summed E-state index contributed by atoms with van der Waals surface area (Å²) in [5.74, 6) is 0.451. The van der Waals surface area contributed by atoms with Crippen LogP contribution in [0.25, 0.3) is 0 Å². The summed E-state index contributed by atoms with van der Waals surface area (Å²) in [6.07, 6.45) is 4.27. The summed E-state index contributed by atoms with van der Waals surface area (Å²) in [4.78, 5) is 12.8. The number of aryl methyl sites for hydroxylation is 1. The lowest BCUT2D eigenvalue weighted by Crippen LogP contribution is -2.44. The third kappa shape index (κ3) is 3.33. The van der Waals surface area contributed by atoms with E-state index in [1.807, 2.05) is 30.3 Å². The molecule has 27 heavy (non-hydrogen) atoms. The van der Waals surface area contributed by atoms with Gasteiger partial charge < -0.3 is 14.6 Å². The SMILES string of the molecule is COc1ccccc1C(=O)NCC1(c2ccccc2)CCc2nocc2C1. The van der Waals surface area contributed by atoms with Crippen LogP contribution in [-0.4, -0.2) is 24.7 Å². The van der Waals surface area contributed by atoms with E-state index in [0.717, 1.165) is 30.5 Å². The first-order valence-electron chi connectivity index (χ1n) is 9.11. The van der Waals surface area contributed by atoms with Crippen molar-refractivity contribution in [3.63, 3.8) is 0 Å². The van der Waals surface area contributed by atoms with Gasteiger partial charge in [-0.3, -0.25) is 4.79 Å². The van der Waals surface area contributed by atoms with Gasteiger partial charge in [0.25, 0.3) is 5.91 Å². The molecule has 3 aromatic rings. The van der Waals surface area contributed by atoms with Crippen molar-refractivity contribution in [3.8, 4) is 5.75 Å². The van der Waals surface area contributed by atoms with Crippen molar-refractivity contribution < 1.29 is 14.1 Å². The second-order valence-electron chi connectivity index (χ2n) is 6.99. The Hall–Kier alpha value is -3.08. The molecule has 0 aliphatic heterocycles. The van der Waals surface area contributed by atoms with Crippen molar-refractivity contribution in [3.05, 3.63) is 83.2 Å². The molecule has 0 saturated carbocycles. The molecule has 1 atom stereocenters. The van der Waals surface area contributed by atoms with Crippen LogP contribution in [0, 0.1) is 0 Å². The number of fused-ring (bicyclic) bond motifs is 1. The molecule has 0 saturated heterocycles. The van der Waals surface area contributed by atoms with Crippen LogP contribution in [0.2, 0.25) is 0 Å². The minimum absolute atomic E-state index is 0.126. The maximum Gasteiger partial charge on any atom is 0.255 e. The van der Waals surface area contributed by atoms with E-state index in [0.29, 0.717) is 17.9 Å². The van der Waals surface area contributed by atoms with Gasteiger partial charge in [-0.2, -0.15) is 0 Å². The molecular weight excluding hydrogens is 340 g/mol. The molecule has 138 valence electrons. The Morgan fingerprint density at radius 1 is 1.19 bits per heavy atom. The molecule has 2 aromatic carbocycles. The highest BCUT2D eigenvalue weighted by Crippen LogP contribution is 2.38. The van der Waals surface area contributed by atoms with E-state index in [2.05, 4.69) is 22.6 Å². The molecule has 4 rings (SSSR count). The number of rotatable bonds is 5. The highest BCUT2D eigenvalue weighted by Gasteiger charge is 2.38. The van der Waals surface area contributed by atoms with Crippen molar-refractivity contribution in [2.24, 2.45) is 0 Å². The summed E-state index contributed by atoms with van der Waals surface area (Å²) in [6.45, 7) is 0.540. The van der Waals surface area contributed by atoms with Crippen LogP contribution in [0.3, 0.4) is 0 Å². The molecular formula is C22H22N2O3. The lowest BCUT2D eigenvalue weighted by Gasteiger charge is -2.37. The van der Waals surface area contributed by atoms with Crippen molar-refractivity contribution in [1.29, 1.82) is 0 Å². The topological polar surface area (TPSA) is 64.4 Å². The molecule has 0 bridgehead atoms. The van der Waals surface area contributed by atoms with Crippen LogP contribution < -0.4 is 10.1 Å². The number of methoxy groups -OCH3 is 1. The number of carbonyl (C=O) groups excluding carboxylic acids is 1. The minimum atomic E-state index is -0.183. The Kier molecular flexibility index (Phi) is 4.67. The minimum Gasteiger partial charge on any atom is -0.496 e. The maximum absolute atomic E-state index is 12.8. The van der Waals surface area contributed by atoms with E-state index in [4.69, 9.17) is 9.26 Å². The van der Waals surface area contributed by atoms with E-state index in [9.17, 15) is 4.79 Å². The molecule has 0 fully saturated rings. The van der Waals surface area contributed by atoms with Crippen LogP contribution in [0.4, 0.5) is 0 Å². The number of nitrogens with zero attached hydrogens (tertiary/aromatic N) is 1. The summed E-state index contributed by atoms with van der Waals surface area (Å²) >= 11 is 0. The van der Waals surface area contributed by atoms with Gasteiger partial charge in [-0.25, -0.2) is 0 Å². The van der Waals surface area contributed by atoms with E-state index < -0.39 is 0 Å². The normalized spacial score (nSPS) is 18.6. The second-order valence-corrected chi connectivity index (χ2v) is 6.99. The second kappa shape index (κ2) is 7.27. The van der Waals surface area contributed by atoms with Gasteiger partial charge in [-0.15, -0.1) is 0 Å². The summed E-state index contributed by atoms with van der Waals surface area (Å²) in [6, 6.07) is 17.6. The molecule has 1 heterocycles. The fourth-order valence-electron chi connectivity index (χ4n) is 3.91. The molecule has 1 aliphatic carbocycles. The number of nitrogens with one attached hydrogen (secondary N) is 1. The van der Waals surface area contributed by atoms with Gasteiger partial charge in [0, 0.05) is 17.5 Å². The first-order chi connectivity index (χ1) is 13.2. The van der Waals surface area contributed by atoms with Crippen LogP contribution in [0.5, 0.6) is 5.75 Å². The number of hydrogen-bond acceptors (Lipinski definition) is 4. The van der Waals surface area contributed by atoms with E-state index in [1.54, 1.807) is 25.5 Å². The first kappa shape index (κ1) is 17.3. The maximum atomic E-state index is 12.8. The summed E-state index contributed by atoms with van der Waals surface area (Å²) < 4.78 is 10.5. The van der Waals surface area contributed by atoms with Gasteiger partial charge in [-0.1, -0.05) is 47.6 Å². The predicted molar refractivity (Wildman–Crippen MR) is 102 cm³/mol. The Labute approximate surface area is 158 Å². The Morgan fingerprint density at radius 3 is 2.78 bits per heavy atom. The van der Waals surface area contributed by atoms with Gasteiger partial charge in [0.1, 0.15) is 12.0 Å². The summed E-state index contributed by atoms with van der Waals surface area (Å²) in [7, 11) is 1.58. The number of carbonyl (C=O) groups is 1. The third-order valence-electron chi connectivity index (χ3n) is 5.42. The number of aromatic nitrogens is 1. The van der Waals surface area contributed by atoms with Crippen molar-refractivity contribution in [2.75, 3.05) is 13.7 Å². The van der Waals surface area contributed by atoms with Crippen LogP contribution >= 0.6 is 0 Å². The van der Waals surface area contributed by atoms with Crippen LogP contribution in [-0.2, 0) is 18.3 Å². The lowest BCUT2D eigenvalue weighted by atomic mass is 9.69. The van der Waals surface area contributed by atoms with Gasteiger partial charge >= 0.3 is 0 Å². The van der Waals surface area contributed by atoms with Crippen LogP contribution in [0.15, 0.2) is 65.4 Å². The molecule has 5 heteroatoms. The van der Waals surface area contributed by atoms with Gasteiger partial charge in [-0.05, 0) is 37.0 Å². The van der Waals surface area contributed by atoms with Gasteiger partial charge in [0.15, 0.2) is 0 Å². The summed E-state index contributed by atoms with van der Waals surface area (Å²) in [5, 5.41) is 7.24. The lowest BCUT2D eigenvalue weighted by molar-refractivity contribution is 0.0937. The first-order valence-corrected chi connectivity index (χ1v) is 9.11. The zero-order valence-electron chi connectivity index (χ0n) is 15.3. The highest BCUT2D eigenvalue weighted by atomic mass is 16.5. The largest absolute Gasteiger partial charge is 0.496 e. The number of para-hydroxylation sites is 1. The standard InChI is InChI=1S/C22H22N2O3/c1-26-20-10-6-5-9-18(20)21(25)23-15-22(17-7-3-2-4-8-17)12-11-19-16(13-22)14-27-24-19/h2-10,14H,11-13,15H2,1H3,(H,23,25). The smallest absolute Gasteiger partial charge is 0.255 e. The molecule has 1 N–H and O–H groups in total. The number of hydrogen-bond donors (Lipinski definition) is 1. The molecule has 5 nitrogen and oxygen atoms in total. The fraction of sp³-hybridized carbons (Fsp3) is 0.273. The monoisotopic (exact) mass is 362 g/mol. The fourth-order valence-corrected chi connectivity index (χ4v) is 3.91. The molecule has 0 radical (unpaired) electrons. The van der Waals surface area contributed by atoms with Gasteiger partial charge in [0.05, 0.1) is 18.4 Å². The van der Waals surface area contributed by atoms with E-state index >= 15 is 0 Å². The molecule has 0 spiro atoms. The van der Waals surface area contributed by atoms with Crippen LogP contribution in [0.1, 0.15) is 33.6 Å². The third-order valence-corrected chi connectivity index (χ3v) is 5.42. The summed E-state index contributed by atoms with van der Waals surface area (Å²) in [5.41, 5.74) is 3.73. The number of amides is 1. The molecule has 1 unspecified atom stereocenters. The predicted octanol–water partition coefficient (Wildman–Crippen LogP) is 3.54. The molecule has 1 aliphatic rings. The zero-order chi connectivity index (χ0) is 18.7.